The molecule has 2 aromatic carbocycles. The molecule has 0 aliphatic heterocycles. The van der Waals surface area contributed by atoms with Crippen molar-refractivity contribution in [1.29, 1.82) is 0 Å². The monoisotopic (exact) mass is 228 g/mol. The Morgan fingerprint density at radius 3 is 2.65 bits per heavy atom. The molecule has 84 valence electrons. The van der Waals surface area contributed by atoms with E-state index >= 15 is 0 Å². The van der Waals surface area contributed by atoms with Crippen LogP contribution in [0.4, 0.5) is 4.39 Å². The number of phenols is 1. The van der Waals surface area contributed by atoms with Crippen molar-refractivity contribution in [3.05, 3.63) is 48.3 Å². The van der Waals surface area contributed by atoms with Crippen LogP contribution in [0.3, 0.4) is 0 Å². The minimum Gasteiger partial charge on any atom is -0.507 e. The topological polar surface area (TPSA) is 48.9 Å². The van der Waals surface area contributed by atoms with Crippen molar-refractivity contribution in [2.45, 2.75) is 0 Å². The van der Waals surface area contributed by atoms with Crippen LogP contribution in [-0.2, 0) is 0 Å². The Labute approximate surface area is 96.6 Å². The fraction of sp³-hybridized carbons (Fsp3) is 0. The SMILES string of the molecule is Oc1cccc(F)c1-c1nc2ccccc2[nH]1. The van der Waals surface area contributed by atoms with Crippen LogP contribution in [0.5, 0.6) is 5.75 Å². The third kappa shape index (κ3) is 1.54. The van der Waals surface area contributed by atoms with E-state index in [-0.39, 0.29) is 11.3 Å². The lowest BCUT2D eigenvalue weighted by Gasteiger charge is -2.01. The maximum absolute atomic E-state index is 13.6. The highest BCUT2D eigenvalue weighted by atomic mass is 19.1. The molecule has 0 spiro atoms. The summed E-state index contributed by atoms with van der Waals surface area (Å²) < 4.78 is 13.6. The van der Waals surface area contributed by atoms with Gasteiger partial charge in [0.2, 0.25) is 0 Å². The molecule has 0 aliphatic rings. The molecule has 0 saturated heterocycles. The molecule has 0 fully saturated rings. The van der Waals surface area contributed by atoms with Crippen molar-refractivity contribution in [3.63, 3.8) is 0 Å². The molecule has 0 bridgehead atoms. The van der Waals surface area contributed by atoms with E-state index in [9.17, 15) is 9.50 Å². The Morgan fingerprint density at radius 2 is 1.88 bits per heavy atom. The van der Waals surface area contributed by atoms with Crippen LogP contribution in [0.15, 0.2) is 42.5 Å². The van der Waals surface area contributed by atoms with Crippen LogP contribution in [0.25, 0.3) is 22.4 Å². The number of aromatic nitrogens is 2. The molecule has 0 aliphatic carbocycles. The second-order valence-corrected chi connectivity index (χ2v) is 3.74. The van der Waals surface area contributed by atoms with Gasteiger partial charge in [0.1, 0.15) is 17.4 Å². The van der Waals surface area contributed by atoms with Crippen molar-refractivity contribution >= 4 is 11.0 Å². The van der Waals surface area contributed by atoms with Gasteiger partial charge in [0.15, 0.2) is 0 Å². The lowest BCUT2D eigenvalue weighted by molar-refractivity contribution is 0.471. The number of benzene rings is 2. The van der Waals surface area contributed by atoms with Crippen LogP contribution in [0.1, 0.15) is 0 Å². The Kier molecular flexibility index (Phi) is 2.08. The molecule has 1 heterocycles. The number of hydrogen-bond donors (Lipinski definition) is 2. The van der Waals surface area contributed by atoms with E-state index in [2.05, 4.69) is 9.97 Å². The first-order valence-corrected chi connectivity index (χ1v) is 5.18. The average molecular weight is 228 g/mol. The summed E-state index contributed by atoms with van der Waals surface area (Å²) in [5, 5.41) is 9.67. The minimum atomic E-state index is -0.496. The number of imidazole rings is 1. The van der Waals surface area contributed by atoms with E-state index in [1.807, 2.05) is 24.3 Å². The Hall–Kier alpha value is -2.36. The van der Waals surface area contributed by atoms with Crippen LogP contribution in [0.2, 0.25) is 0 Å². The standard InChI is InChI=1S/C13H9FN2O/c14-8-4-3-7-11(17)12(8)13-15-9-5-1-2-6-10(9)16-13/h1-7,17H,(H,15,16). The zero-order chi connectivity index (χ0) is 11.8. The molecule has 2 N–H and O–H groups in total. The molecular weight excluding hydrogens is 219 g/mol. The minimum absolute atomic E-state index is 0.101. The summed E-state index contributed by atoms with van der Waals surface area (Å²) in [4.78, 5) is 7.23. The number of phenolic OH excluding ortho intramolecular Hbond substituents is 1. The molecule has 0 atom stereocenters. The molecular formula is C13H9FN2O. The molecule has 3 aromatic rings. The van der Waals surface area contributed by atoms with E-state index in [0.717, 1.165) is 11.0 Å². The predicted octanol–water partition coefficient (Wildman–Crippen LogP) is 3.07. The maximum Gasteiger partial charge on any atom is 0.145 e. The van der Waals surface area contributed by atoms with E-state index in [1.54, 1.807) is 0 Å². The highest BCUT2D eigenvalue weighted by molar-refractivity contribution is 5.80. The highest BCUT2D eigenvalue weighted by Crippen LogP contribution is 2.30. The Bertz CT molecular complexity index is 637. The predicted molar refractivity (Wildman–Crippen MR) is 63.2 cm³/mol. The maximum atomic E-state index is 13.6. The van der Waals surface area contributed by atoms with Gasteiger partial charge in [0.05, 0.1) is 16.6 Å². The molecule has 0 radical (unpaired) electrons. The van der Waals surface area contributed by atoms with Crippen LogP contribution in [0, 0.1) is 5.82 Å². The normalized spacial score (nSPS) is 10.9. The first kappa shape index (κ1) is 9.84. The fourth-order valence-corrected chi connectivity index (χ4v) is 1.82. The number of aromatic hydroxyl groups is 1. The summed E-state index contributed by atoms with van der Waals surface area (Å²) >= 11 is 0. The van der Waals surface area contributed by atoms with E-state index in [4.69, 9.17) is 0 Å². The molecule has 0 amide bonds. The second-order valence-electron chi connectivity index (χ2n) is 3.74. The molecule has 0 unspecified atom stereocenters. The molecule has 3 rings (SSSR count). The number of nitrogens with one attached hydrogen (secondary N) is 1. The van der Waals surface area contributed by atoms with E-state index < -0.39 is 5.82 Å². The third-order valence-corrected chi connectivity index (χ3v) is 2.62. The summed E-state index contributed by atoms with van der Waals surface area (Å²) in [6.07, 6.45) is 0. The van der Waals surface area contributed by atoms with Crippen molar-refractivity contribution in [2.24, 2.45) is 0 Å². The van der Waals surface area contributed by atoms with Gasteiger partial charge in [-0.15, -0.1) is 0 Å². The first-order chi connectivity index (χ1) is 8.25. The van der Waals surface area contributed by atoms with Gasteiger partial charge in [-0.25, -0.2) is 9.37 Å². The van der Waals surface area contributed by atoms with Gasteiger partial charge in [-0.1, -0.05) is 18.2 Å². The van der Waals surface area contributed by atoms with Crippen molar-refractivity contribution < 1.29 is 9.50 Å². The van der Waals surface area contributed by atoms with Gasteiger partial charge in [0, 0.05) is 0 Å². The number of H-pyrrole nitrogens is 1. The van der Waals surface area contributed by atoms with Gasteiger partial charge in [-0.05, 0) is 24.3 Å². The zero-order valence-corrected chi connectivity index (χ0v) is 8.81. The number of fused-ring (bicyclic) bond motifs is 1. The number of nitrogens with zero attached hydrogens (tertiary/aromatic N) is 1. The first-order valence-electron chi connectivity index (χ1n) is 5.18. The molecule has 4 heteroatoms. The summed E-state index contributed by atoms with van der Waals surface area (Å²) in [7, 11) is 0. The fourth-order valence-electron chi connectivity index (χ4n) is 1.82. The zero-order valence-electron chi connectivity index (χ0n) is 8.81. The number of halogens is 1. The molecule has 0 saturated carbocycles. The van der Waals surface area contributed by atoms with Crippen molar-refractivity contribution in [3.8, 4) is 17.1 Å². The third-order valence-electron chi connectivity index (χ3n) is 2.62. The number of hydrogen-bond acceptors (Lipinski definition) is 2. The molecule has 17 heavy (non-hydrogen) atoms. The van der Waals surface area contributed by atoms with Crippen LogP contribution < -0.4 is 0 Å². The van der Waals surface area contributed by atoms with Gasteiger partial charge in [-0.2, -0.15) is 0 Å². The summed E-state index contributed by atoms with van der Waals surface area (Å²) in [5.41, 5.74) is 1.65. The van der Waals surface area contributed by atoms with Gasteiger partial charge in [0.25, 0.3) is 0 Å². The van der Waals surface area contributed by atoms with E-state index in [0.29, 0.717) is 5.82 Å². The van der Waals surface area contributed by atoms with Crippen LogP contribution >= 0.6 is 0 Å². The molecule has 1 aromatic heterocycles. The smallest absolute Gasteiger partial charge is 0.145 e. The van der Waals surface area contributed by atoms with Gasteiger partial charge in [-0.3, -0.25) is 0 Å². The van der Waals surface area contributed by atoms with Gasteiger partial charge < -0.3 is 10.1 Å². The number of rotatable bonds is 1. The Morgan fingerprint density at radius 1 is 1.06 bits per heavy atom. The lowest BCUT2D eigenvalue weighted by Crippen LogP contribution is -1.86. The Balaban J connectivity index is 2.27. The number of aromatic amines is 1. The highest BCUT2D eigenvalue weighted by Gasteiger charge is 2.13. The number of para-hydroxylation sites is 2. The van der Waals surface area contributed by atoms with Crippen molar-refractivity contribution in [2.75, 3.05) is 0 Å². The molecule has 3 nitrogen and oxygen atoms in total. The largest absolute Gasteiger partial charge is 0.507 e. The summed E-state index contributed by atoms with van der Waals surface area (Å²) in [6.45, 7) is 0. The quantitative estimate of drug-likeness (QED) is 0.672. The van der Waals surface area contributed by atoms with Crippen molar-refractivity contribution in [1.82, 2.24) is 9.97 Å². The average Bonchev–Trinajstić information content (AvgIpc) is 2.71. The second kappa shape index (κ2) is 3.59. The summed E-state index contributed by atoms with van der Waals surface area (Å²) in [6, 6.07) is 11.6. The van der Waals surface area contributed by atoms with E-state index in [1.165, 1.54) is 18.2 Å². The van der Waals surface area contributed by atoms with Crippen LogP contribution in [-0.4, -0.2) is 15.1 Å². The lowest BCUT2D eigenvalue weighted by atomic mass is 10.2. The summed E-state index contributed by atoms with van der Waals surface area (Å²) in [5.74, 6) is -0.282. The van der Waals surface area contributed by atoms with Gasteiger partial charge >= 0.3 is 0 Å².